The Morgan fingerprint density at radius 3 is 1.30 bits per heavy atom. The van der Waals surface area contributed by atoms with Gasteiger partial charge in [-0.2, -0.15) is 0 Å². The van der Waals surface area contributed by atoms with Crippen LogP contribution in [0, 0.1) is 0 Å². The Bertz CT molecular complexity index is 1210. The van der Waals surface area contributed by atoms with E-state index < -0.39 is 49.5 Å². The van der Waals surface area contributed by atoms with Gasteiger partial charge in [-0.05, 0) is 44.9 Å². The van der Waals surface area contributed by atoms with Gasteiger partial charge in [-0.3, -0.25) is 4.79 Å². The van der Waals surface area contributed by atoms with Crippen molar-refractivity contribution in [2.24, 2.45) is 0 Å². The molecule has 6 N–H and O–H groups in total. The lowest BCUT2D eigenvalue weighted by atomic mass is 9.99. The summed E-state index contributed by atoms with van der Waals surface area (Å²) in [7, 11) is 0. The molecule has 7 atom stereocenters. The third-order valence-corrected chi connectivity index (χ3v) is 14.8. The molecule has 0 aromatic heterocycles. The monoisotopic (exact) mass is 1000 g/mol. The van der Waals surface area contributed by atoms with E-state index >= 15 is 0 Å². The molecule has 9 nitrogen and oxygen atoms in total. The van der Waals surface area contributed by atoms with Crippen LogP contribution < -0.4 is 5.32 Å². The van der Waals surface area contributed by atoms with Gasteiger partial charge < -0.3 is 40.3 Å². The van der Waals surface area contributed by atoms with E-state index in [1.54, 1.807) is 0 Å². The number of aliphatic hydroxyl groups excluding tert-OH is 5. The standard InChI is InChI=1S/C62H117NO8/c1-3-5-7-9-11-13-15-17-19-21-22-23-24-25-26-27-28-29-30-31-32-33-34-36-37-39-41-43-45-47-49-51-56(65)55(54-70-62-61(69)60(68)59(67)57(53-64)71-62)63-58(66)52-50-48-46-44-42-40-38-35-20-18-16-14-12-10-8-6-4-2/h6,8,12,14,18,20,55-57,59-62,64-65,67-69H,3-5,7,9-11,13,15-17,19,21-54H2,1-2H3,(H,63,66)/b8-6-,14-12-,20-18-. The molecule has 9 heteroatoms. The van der Waals surface area contributed by atoms with E-state index in [1.165, 1.54) is 199 Å². The number of carbonyl (C=O) groups is 1. The quantitative estimate of drug-likeness (QED) is 0.0261. The summed E-state index contributed by atoms with van der Waals surface area (Å²) in [5.74, 6) is -0.151. The summed E-state index contributed by atoms with van der Waals surface area (Å²) in [6.07, 6.45) is 60.5. The molecule has 1 aliphatic heterocycles. The number of hydrogen-bond donors (Lipinski definition) is 6. The molecule has 71 heavy (non-hydrogen) atoms. The lowest BCUT2D eigenvalue weighted by molar-refractivity contribution is -0.302. The summed E-state index contributed by atoms with van der Waals surface area (Å²) < 4.78 is 11.3. The lowest BCUT2D eigenvalue weighted by Gasteiger charge is -2.40. The highest BCUT2D eigenvalue weighted by molar-refractivity contribution is 5.76. The van der Waals surface area contributed by atoms with Gasteiger partial charge in [0, 0.05) is 6.42 Å². The number of ether oxygens (including phenoxy) is 2. The van der Waals surface area contributed by atoms with Crippen molar-refractivity contribution < 1.29 is 39.8 Å². The number of carbonyl (C=O) groups excluding carboxylic acids is 1. The molecule has 1 saturated heterocycles. The van der Waals surface area contributed by atoms with E-state index in [0.29, 0.717) is 12.8 Å². The van der Waals surface area contributed by atoms with Crippen molar-refractivity contribution in [3.05, 3.63) is 36.5 Å². The Kier molecular flexibility index (Phi) is 49.3. The van der Waals surface area contributed by atoms with Crippen LogP contribution in [0.25, 0.3) is 0 Å². The van der Waals surface area contributed by atoms with Gasteiger partial charge in [0.2, 0.25) is 5.91 Å². The van der Waals surface area contributed by atoms with Crippen LogP contribution >= 0.6 is 0 Å². The van der Waals surface area contributed by atoms with Crippen molar-refractivity contribution >= 4 is 5.91 Å². The maximum absolute atomic E-state index is 13.1. The van der Waals surface area contributed by atoms with Crippen LogP contribution in [0.5, 0.6) is 0 Å². The zero-order valence-corrected chi connectivity index (χ0v) is 46.5. The molecule has 0 saturated carbocycles. The van der Waals surface area contributed by atoms with Crippen LogP contribution in [-0.2, 0) is 14.3 Å². The third kappa shape index (κ3) is 41.4. The van der Waals surface area contributed by atoms with Crippen LogP contribution in [0.2, 0.25) is 0 Å². The van der Waals surface area contributed by atoms with E-state index in [-0.39, 0.29) is 12.5 Å². The lowest BCUT2D eigenvalue weighted by Crippen LogP contribution is -2.60. The van der Waals surface area contributed by atoms with Gasteiger partial charge in [-0.25, -0.2) is 0 Å². The second kappa shape index (κ2) is 51.9. The minimum Gasteiger partial charge on any atom is -0.394 e. The van der Waals surface area contributed by atoms with Gasteiger partial charge in [-0.15, -0.1) is 0 Å². The number of amides is 1. The summed E-state index contributed by atoms with van der Waals surface area (Å²) in [5.41, 5.74) is 0. The van der Waals surface area contributed by atoms with E-state index in [4.69, 9.17) is 9.47 Å². The fourth-order valence-corrected chi connectivity index (χ4v) is 9.94. The first-order valence-corrected chi connectivity index (χ1v) is 30.7. The van der Waals surface area contributed by atoms with Gasteiger partial charge >= 0.3 is 0 Å². The number of unbranched alkanes of at least 4 members (excludes halogenated alkanes) is 37. The molecule has 0 aromatic rings. The predicted molar refractivity (Wildman–Crippen MR) is 300 cm³/mol. The Hall–Kier alpha value is -1.59. The van der Waals surface area contributed by atoms with E-state index in [1.807, 2.05) is 0 Å². The minimum absolute atomic E-state index is 0.141. The molecular weight excluding hydrogens is 887 g/mol. The predicted octanol–water partition coefficient (Wildman–Crippen LogP) is 15.5. The van der Waals surface area contributed by atoms with Crippen molar-refractivity contribution in [3.8, 4) is 0 Å². The third-order valence-electron chi connectivity index (χ3n) is 14.8. The first kappa shape index (κ1) is 67.4. The van der Waals surface area contributed by atoms with Crippen molar-refractivity contribution in [2.45, 2.75) is 339 Å². The maximum atomic E-state index is 13.1. The number of hydrogen-bond acceptors (Lipinski definition) is 8. The van der Waals surface area contributed by atoms with Gasteiger partial charge in [0.05, 0.1) is 25.4 Å². The van der Waals surface area contributed by atoms with Gasteiger partial charge in [0.15, 0.2) is 6.29 Å². The van der Waals surface area contributed by atoms with Gasteiger partial charge in [-0.1, -0.05) is 281 Å². The Morgan fingerprint density at radius 1 is 0.493 bits per heavy atom. The molecule has 1 fully saturated rings. The van der Waals surface area contributed by atoms with Gasteiger partial charge in [0.25, 0.3) is 0 Å². The number of nitrogens with one attached hydrogen (secondary N) is 1. The Labute approximate surface area is 438 Å². The van der Waals surface area contributed by atoms with Crippen LogP contribution in [0.4, 0.5) is 0 Å². The van der Waals surface area contributed by atoms with Crippen LogP contribution in [0.3, 0.4) is 0 Å². The molecule has 418 valence electrons. The molecule has 1 heterocycles. The molecule has 1 aliphatic rings. The Balaban J connectivity index is 2.13. The highest BCUT2D eigenvalue weighted by atomic mass is 16.7. The average Bonchev–Trinajstić information content (AvgIpc) is 3.37. The first-order chi connectivity index (χ1) is 34.8. The van der Waals surface area contributed by atoms with E-state index in [2.05, 4.69) is 55.6 Å². The minimum atomic E-state index is -1.56. The summed E-state index contributed by atoms with van der Waals surface area (Å²) >= 11 is 0. The average molecular weight is 1000 g/mol. The summed E-state index contributed by atoms with van der Waals surface area (Å²) in [6.45, 7) is 3.75. The molecule has 0 aliphatic carbocycles. The number of allylic oxidation sites excluding steroid dienone is 6. The second-order valence-corrected chi connectivity index (χ2v) is 21.5. The van der Waals surface area contributed by atoms with Crippen molar-refractivity contribution in [1.82, 2.24) is 5.32 Å². The topological polar surface area (TPSA) is 149 Å². The zero-order valence-electron chi connectivity index (χ0n) is 46.5. The van der Waals surface area contributed by atoms with Crippen molar-refractivity contribution in [3.63, 3.8) is 0 Å². The number of aliphatic hydroxyl groups is 5. The fourth-order valence-electron chi connectivity index (χ4n) is 9.94. The first-order valence-electron chi connectivity index (χ1n) is 30.7. The fraction of sp³-hybridized carbons (Fsp3) is 0.887. The van der Waals surface area contributed by atoms with Crippen LogP contribution in [0.1, 0.15) is 296 Å². The molecule has 1 amide bonds. The van der Waals surface area contributed by atoms with E-state index in [9.17, 15) is 30.3 Å². The van der Waals surface area contributed by atoms with Crippen LogP contribution in [0.15, 0.2) is 36.5 Å². The van der Waals surface area contributed by atoms with Crippen molar-refractivity contribution in [1.29, 1.82) is 0 Å². The SMILES string of the molecule is CC/C=C\C/C=C\C/C=C\CCCCCCCCCC(=O)NC(COC1OC(CO)C(O)C(O)C1O)C(O)CCCCCCCCCCCCCCCCCCCCCCCCCCCCCCCCC. The van der Waals surface area contributed by atoms with Crippen LogP contribution in [-0.4, -0.2) is 87.5 Å². The van der Waals surface area contributed by atoms with Crippen molar-refractivity contribution in [2.75, 3.05) is 13.2 Å². The highest BCUT2D eigenvalue weighted by Gasteiger charge is 2.44. The summed E-state index contributed by atoms with van der Waals surface area (Å²) in [4.78, 5) is 13.1. The molecule has 0 radical (unpaired) electrons. The number of rotatable bonds is 53. The molecule has 0 spiro atoms. The molecule has 0 aromatic carbocycles. The second-order valence-electron chi connectivity index (χ2n) is 21.5. The normalized spacial score (nSPS) is 19.5. The summed E-state index contributed by atoms with van der Waals surface area (Å²) in [5, 5.41) is 54.7. The maximum Gasteiger partial charge on any atom is 0.220 e. The largest absolute Gasteiger partial charge is 0.394 e. The Morgan fingerprint density at radius 2 is 0.873 bits per heavy atom. The zero-order chi connectivity index (χ0) is 51.5. The highest BCUT2D eigenvalue weighted by Crippen LogP contribution is 2.23. The smallest absolute Gasteiger partial charge is 0.220 e. The summed E-state index contributed by atoms with van der Waals surface area (Å²) in [6, 6.07) is -0.726. The van der Waals surface area contributed by atoms with E-state index in [0.717, 1.165) is 70.6 Å². The molecule has 1 rings (SSSR count). The molecule has 7 unspecified atom stereocenters. The molecule has 0 bridgehead atoms. The molecular formula is C62H117NO8. The van der Waals surface area contributed by atoms with Gasteiger partial charge in [0.1, 0.15) is 24.4 Å².